The molecule has 0 spiro atoms. The monoisotopic (exact) mass is 269 g/mol. The summed E-state index contributed by atoms with van der Waals surface area (Å²) in [5.74, 6) is -0.598. The number of aromatic amines is 1. The molecule has 1 amide bonds. The number of nitrogens with one attached hydrogen (secondary N) is 1. The third-order valence-electron chi connectivity index (χ3n) is 2.87. The van der Waals surface area contributed by atoms with Gasteiger partial charge >= 0.3 is 5.97 Å². The van der Waals surface area contributed by atoms with Crippen molar-refractivity contribution in [3.8, 4) is 0 Å². The molecule has 18 heavy (non-hydrogen) atoms. The van der Waals surface area contributed by atoms with Gasteiger partial charge in [0.05, 0.1) is 17.1 Å². The van der Waals surface area contributed by atoms with Crippen LogP contribution in [0.4, 0.5) is 0 Å². The number of thioether (sulfide) groups is 1. The minimum absolute atomic E-state index is 0.103. The summed E-state index contributed by atoms with van der Waals surface area (Å²) in [6.45, 7) is 3.97. The number of hydrogen-bond acceptors (Lipinski definition) is 4. The van der Waals surface area contributed by atoms with E-state index in [-0.39, 0.29) is 17.2 Å². The van der Waals surface area contributed by atoms with Gasteiger partial charge in [0.2, 0.25) is 0 Å². The van der Waals surface area contributed by atoms with Crippen molar-refractivity contribution in [2.75, 3.05) is 5.75 Å². The van der Waals surface area contributed by atoms with Crippen molar-refractivity contribution < 1.29 is 14.7 Å². The average Bonchev–Trinajstić information content (AvgIpc) is 2.97. The number of nitrogens with zero attached hydrogens (tertiary/aromatic N) is 2. The number of carboxylic acids is 1. The molecule has 1 aliphatic heterocycles. The van der Waals surface area contributed by atoms with Gasteiger partial charge in [0, 0.05) is 11.9 Å². The SMILES string of the molecule is CC(C)C1SCC(C(=O)O)N1C(=O)c1cn[nH]c1. The van der Waals surface area contributed by atoms with E-state index >= 15 is 0 Å². The third-order valence-corrected chi connectivity index (χ3v) is 4.49. The molecule has 2 rings (SSSR count). The van der Waals surface area contributed by atoms with E-state index in [1.165, 1.54) is 29.1 Å². The highest BCUT2D eigenvalue weighted by atomic mass is 32.2. The van der Waals surface area contributed by atoms with E-state index in [9.17, 15) is 14.7 Å². The Bertz CT molecular complexity index is 446. The fraction of sp³-hybridized carbons (Fsp3) is 0.545. The predicted octanol–water partition coefficient (Wildman–Crippen LogP) is 1.03. The molecule has 0 aliphatic carbocycles. The normalized spacial score (nSPS) is 23.6. The second kappa shape index (κ2) is 5.01. The maximum absolute atomic E-state index is 12.3. The van der Waals surface area contributed by atoms with Crippen LogP contribution in [0.15, 0.2) is 12.4 Å². The van der Waals surface area contributed by atoms with Crippen molar-refractivity contribution >= 4 is 23.6 Å². The molecular weight excluding hydrogens is 254 g/mol. The molecule has 1 aromatic heterocycles. The van der Waals surface area contributed by atoms with E-state index in [1.54, 1.807) is 0 Å². The van der Waals surface area contributed by atoms with E-state index in [2.05, 4.69) is 10.2 Å². The molecule has 98 valence electrons. The molecule has 0 aromatic carbocycles. The molecule has 6 nitrogen and oxygen atoms in total. The number of hydrogen-bond donors (Lipinski definition) is 2. The van der Waals surface area contributed by atoms with Gasteiger partial charge in [-0.2, -0.15) is 5.10 Å². The van der Waals surface area contributed by atoms with Crippen LogP contribution in [-0.4, -0.2) is 49.2 Å². The number of rotatable bonds is 3. The quantitative estimate of drug-likeness (QED) is 0.856. The van der Waals surface area contributed by atoms with Gasteiger partial charge in [-0.1, -0.05) is 13.8 Å². The Labute approximate surface area is 109 Å². The molecule has 2 N–H and O–H groups in total. The minimum atomic E-state index is -0.956. The van der Waals surface area contributed by atoms with Gasteiger partial charge in [0.1, 0.15) is 6.04 Å². The van der Waals surface area contributed by atoms with Crippen molar-refractivity contribution in [2.24, 2.45) is 5.92 Å². The first-order valence-electron chi connectivity index (χ1n) is 5.68. The third kappa shape index (κ3) is 2.22. The van der Waals surface area contributed by atoms with Crippen molar-refractivity contribution in [2.45, 2.75) is 25.3 Å². The van der Waals surface area contributed by atoms with Crippen LogP contribution in [0.5, 0.6) is 0 Å². The minimum Gasteiger partial charge on any atom is -0.480 e. The second-order valence-corrected chi connectivity index (χ2v) is 5.67. The molecule has 1 aliphatic rings. The Balaban J connectivity index is 2.29. The fourth-order valence-electron chi connectivity index (χ4n) is 2.01. The highest BCUT2D eigenvalue weighted by Gasteiger charge is 2.43. The Morgan fingerprint density at radius 1 is 1.61 bits per heavy atom. The van der Waals surface area contributed by atoms with E-state index in [1.807, 2.05) is 13.8 Å². The Kier molecular flexibility index (Phi) is 3.60. The van der Waals surface area contributed by atoms with Crippen LogP contribution < -0.4 is 0 Å². The van der Waals surface area contributed by atoms with Crippen LogP contribution in [0, 0.1) is 5.92 Å². The highest BCUT2D eigenvalue weighted by Crippen LogP contribution is 2.35. The number of aromatic nitrogens is 2. The summed E-state index contributed by atoms with van der Waals surface area (Å²) in [5, 5.41) is 15.4. The summed E-state index contributed by atoms with van der Waals surface area (Å²) in [6.07, 6.45) is 2.91. The van der Waals surface area contributed by atoms with Gasteiger partial charge in [-0.15, -0.1) is 11.8 Å². The van der Waals surface area contributed by atoms with E-state index in [0.29, 0.717) is 11.3 Å². The number of amides is 1. The number of carbonyl (C=O) groups excluding carboxylic acids is 1. The standard InChI is InChI=1S/C11H15N3O3S/c1-6(2)10-14(8(5-18-10)11(16)17)9(15)7-3-12-13-4-7/h3-4,6,8,10H,5H2,1-2H3,(H,12,13)(H,16,17). The van der Waals surface area contributed by atoms with Crippen LogP contribution in [0.2, 0.25) is 0 Å². The van der Waals surface area contributed by atoms with Crippen LogP contribution in [0.1, 0.15) is 24.2 Å². The highest BCUT2D eigenvalue weighted by molar-refractivity contribution is 8.00. The number of H-pyrrole nitrogens is 1. The number of carboxylic acid groups (broad SMARTS) is 1. The Morgan fingerprint density at radius 2 is 2.33 bits per heavy atom. The summed E-state index contributed by atoms with van der Waals surface area (Å²) in [7, 11) is 0. The summed E-state index contributed by atoms with van der Waals surface area (Å²) in [5.41, 5.74) is 0.398. The van der Waals surface area contributed by atoms with Crippen molar-refractivity contribution in [1.29, 1.82) is 0 Å². The lowest BCUT2D eigenvalue weighted by Gasteiger charge is -2.29. The summed E-state index contributed by atoms with van der Waals surface area (Å²) < 4.78 is 0. The summed E-state index contributed by atoms with van der Waals surface area (Å²) >= 11 is 1.51. The molecule has 1 aromatic rings. The molecule has 1 saturated heterocycles. The topological polar surface area (TPSA) is 86.3 Å². The molecular formula is C11H15N3O3S. The fourth-order valence-corrected chi connectivity index (χ4v) is 3.48. The van der Waals surface area contributed by atoms with E-state index in [0.717, 1.165) is 0 Å². The lowest BCUT2D eigenvalue weighted by atomic mass is 10.1. The van der Waals surface area contributed by atoms with Crippen LogP contribution in [0.3, 0.4) is 0 Å². The van der Waals surface area contributed by atoms with Gasteiger partial charge in [0.25, 0.3) is 5.91 Å². The first kappa shape index (κ1) is 12.9. The van der Waals surface area contributed by atoms with Gasteiger partial charge < -0.3 is 10.0 Å². The average molecular weight is 269 g/mol. The molecule has 1 fully saturated rings. The van der Waals surface area contributed by atoms with Crippen LogP contribution >= 0.6 is 11.8 Å². The lowest BCUT2D eigenvalue weighted by Crippen LogP contribution is -2.47. The number of aliphatic carboxylic acids is 1. The van der Waals surface area contributed by atoms with Gasteiger partial charge in [-0.25, -0.2) is 4.79 Å². The van der Waals surface area contributed by atoms with Crippen LogP contribution in [-0.2, 0) is 4.79 Å². The maximum Gasteiger partial charge on any atom is 0.327 e. The zero-order chi connectivity index (χ0) is 13.3. The van der Waals surface area contributed by atoms with Crippen molar-refractivity contribution in [1.82, 2.24) is 15.1 Å². The molecule has 2 heterocycles. The predicted molar refractivity (Wildman–Crippen MR) is 67.3 cm³/mol. The van der Waals surface area contributed by atoms with Gasteiger partial charge in [-0.05, 0) is 5.92 Å². The Morgan fingerprint density at radius 3 is 2.83 bits per heavy atom. The Hall–Kier alpha value is -1.50. The first-order valence-corrected chi connectivity index (χ1v) is 6.73. The molecule has 2 atom stereocenters. The van der Waals surface area contributed by atoms with Gasteiger partial charge in [-0.3, -0.25) is 9.89 Å². The largest absolute Gasteiger partial charge is 0.480 e. The zero-order valence-corrected chi connectivity index (χ0v) is 11.0. The summed E-state index contributed by atoms with van der Waals surface area (Å²) in [6, 6.07) is -0.759. The smallest absolute Gasteiger partial charge is 0.327 e. The van der Waals surface area contributed by atoms with Gasteiger partial charge in [0.15, 0.2) is 0 Å². The van der Waals surface area contributed by atoms with Crippen LogP contribution in [0.25, 0.3) is 0 Å². The molecule has 0 radical (unpaired) electrons. The molecule has 7 heteroatoms. The van der Waals surface area contributed by atoms with E-state index in [4.69, 9.17) is 0 Å². The summed E-state index contributed by atoms with van der Waals surface area (Å²) in [4.78, 5) is 25.0. The lowest BCUT2D eigenvalue weighted by molar-refractivity contribution is -0.141. The van der Waals surface area contributed by atoms with Crippen molar-refractivity contribution in [3.05, 3.63) is 18.0 Å². The molecule has 0 saturated carbocycles. The molecule has 2 unspecified atom stereocenters. The van der Waals surface area contributed by atoms with Crippen molar-refractivity contribution in [3.63, 3.8) is 0 Å². The molecule has 0 bridgehead atoms. The number of carbonyl (C=O) groups is 2. The second-order valence-electron chi connectivity index (χ2n) is 4.52. The first-order chi connectivity index (χ1) is 8.52. The zero-order valence-electron chi connectivity index (χ0n) is 10.2. The maximum atomic E-state index is 12.3. The van der Waals surface area contributed by atoms with E-state index < -0.39 is 12.0 Å².